The molecule has 0 radical (unpaired) electrons. The summed E-state index contributed by atoms with van der Waals surface area (Å²) in [5.41, 5.74) is 0.188. The fraction of sp³-hybridized carbons (Fsp3) is 0.571. The van der Waals surface area contributed by atoms with E-state index >= 15 is 0 Å². The van der Waals surface area contributed by atoms with Crippen LogP contribution in [0, 0.1) is 0 Å². The summed E-state index contributed by atoms with van der Waals surface area (Å²) in [5.74, 6) is -0.568. The number of amides is 2. The molecule has 2 aliphatic rings. The summed E-state index contributed by atoms with van der Waals surface area (Å²) in [6.07, 6.45) is 0.198. The number of likely N-dealkylation sites (tertiary alicyclic amines) is 1. The lowest BCUT2D eigenvalue weighted by Gasteiger charge is -2.44. The summed E-state index contributed by atoms with van der Waals surface area (Å²) < 4.78 is 15.9. The Labute approximate surface area is 170 Å². The van der Waals surface area contributed by atoms with Gasteiger partial charge in [0.2, 0.25) is 0 Å². The van der Waals surface area contributed by atoms with Crippen molar-refractivity contribution in [1.29, 1.82) is 0 Å². The maximum absolute atomic E-state index is 12.8. The first-order chi connectivity index (χ1) is 13.7. The number of benzene rings is 1. The normalized spacial score (nSPS) is 23.5. The lowest BCUT2D eigenvalue weighted by atomic mass is 10.0. The van der Waals surface area contributed by atoms with Gasteiger partial charge in [-0.3, -0.25) is 9.80 Å². The van der Waals surface area contributed by atoms with E-state index < -0.39 is 35.8 Å². The molecule has 0 N–H and O–H groups in total. The predicted octanol–water partition coefficient (Wildman–Crippen LogP) is 2.95. The molecular weight excluding hydrogens is 376 g/mol. The highest BCUT2D eigenvalue weighted by Gasteiger charge is 2.54. The van der Waals surface area contributed by atoms with Gasteiger partial charge in [0.25, 0.3) is 0 Å². The minimum atomic E-state index is -0.919. The number of hydrogen-bond donors (Lipinski definition) is 0. The minimum Gasteiger partial charge on any atom is -0.467 e. The van der Waals surface area contributed by atoms with Crippen LogP contribution in [0.4, 0.5) is 9.59 Å². The largest absolute Gasteiger partial charge is 0.467 e. The maximum Gasteiger partial charge on any atom is 0.411 e. The zero-order chi connectivity index (χ0) is 21.2. The summed E-state index contributed by atoms with van der Waals surface area (Å²) in [4.78, 5) is 41.0. The van der Waals surface area contributed by atoms with Crippen LogP contribution < -0.4 is 0 Å². The van der Waals surface area contributed by atoms with Crippen molar-refractivity contribution in [1.82, 2.24) is 9.80 Å². The van der Waals surface area contributed by atoms with Crippen molar-refractivity contribution in [2.24, 2.45) is 0 Å². The lowest BCUT2D eigenvalue weighted by molar-refractivity contribution is -0.151. The maximum atomic E-state index is 12.8. The Morgan fingerprint density at radius 1 is 1.07 bits per heavy atom. The highest BCUT2D eigenvalue weighted by molar-refractivity contribution is 5.84. The standard InChI is InChI=1S/C21H28N2O6/c1-21(2,3)29-19(25)22-12-15-10-11-16(17(22)18(24)27-4)23(15)20(26)28-13-14-8-6-5-7-9-14/h5-9,15-17H,10-13H2,1-4H3/t15-,16+,17+/m0/s1. The molecular formula is C21H28N2O6. The van der Waals surface area contributed by atoms with Crippen molar-refractivity contribution in [3.63, 3.8) is 0 Å². The molecule has 0 aromatic heterocycles. The molecule has 0 spiro atoms. The zero-order valence-electron chi connectivity index (χ0n) is 17.3. The molecule has 3 atom stereocenters. The molecule has 1 aromatic rings. The van der Waals surface area contributed by atoms with Gasteiger partial charge in [0.1, 0.15) is 12.2 Å². The smallest absolute Gasteiger partial charge is 0.411 e. The molecule has 2 amide bonds. The molecule has 3 rings (SSSR count). The number of methoxy groups -OCH3 is 1. The van der Waals surface area contributed by atoms with E-state index in [0.29, 0.717) is 12.8 Å². The van der Waals surface area contributed by atoms with Crippen LogP contribution in [0.15, 0.2) is 30.3 Å². The minimum absolute atomic E-state index is 0.147. The molecule has 2 saturated heterocycles. The van der Waals surface area contributed by atoms with Gasteiger partial charge in [-0.15, -0.1) is 0 Å². The van der Waals surface area contributed by atoms with E-state index in [-0.39, 0.29) is 19.2 Å². The molecule has 8 nitrogen and oxygen atoms in total. The van der Waals surface area contributed by atoms with Crippen molar-refractivity contribution in [3.05, 3.63) is 35.9 Å². The highest BCUT2D eigenvalue weighted by Crippen LogP contribution is 2.36. The Bertz CT molecular complexity index is 760. The van der Waals surface area contributed by atoms with Crippen molar-refractivity contribution in [2.75, 3.05) is 13.7 Å². The van der Waals surface area contributed by atoms with Gasteiger partial charge >= 0.3 is 18.2 Å². The summed E-state index contributed by atoms with van der Waals surface area (Å²) in [7, 11) is 1.27. The zero-order valence-corrected chi connectivity index (χ0v) is 17.3. The van der Waals surface area contributed by atoms with Crippen LogP contribution in [0.2, 0.25) is 0 Å². The summed E-state index contributed by atoms with van der Waals surface area (Å²) in [5, 5.41) is 0. The predicted molar refractivity (Wildman–Crippen MR) is 104 cm³/mol. The topological polar surface area (TPSA) is 85.4 Å². The molecule has 2 bridgehead atoms. The van der Waals surface area contributed by atoms with Crippen LogP contribution in [0.3, 0.4) is 0 Å². The average Bonchev–Trinajstić information content (AvgIpc) is 2.98. The van der Waals surface area contributed by atoms with E-state index in [2.05, 4.69) is 0 Å². The van der Waals surface area contributed by atoms with E-state index in [4.69, 9.17) is 14.2 Å². The van der Waals surface area contributed by atoms with E-state index in [1.165, 1.54) is 12.0 Å². The number of ether oxygens (including phenoxy) is 3. The Morgan fingerprint density at radius 2 is 1.76 bits per heavy atom. The molecule has 0 aliphatic carbocycles. The summed E-state index contributed by atoms with van der Waals surface area (Å²) >= 11 is 0. The fourth-order valence-corrected chi connectivity index (χ4v) is 3.94. The molecule has 1 aromatic carbocycles. The number of esters is 1. The molecule has 0 saturated carbocycles. The second-order valence-electron chi connectivity index (χ2n) is 8.35. The van der Waals surface area contributed by atoms with Crippen LogP contribution in [-0.4, -0.2) is 65.3 Å². The van der Waals surface area contributed by atoms with E-state index in [0.717, 1.165) is 5.56 Å². The molecule has 8 heteroatoms. The SMILES string of the molecule is COC(=O)[C@H]1[C@H]2CC[C@@H](CN1C(=O)OC(C)(C)C)N2C(=O)OCc1ccccc1. The molecule has 2 heterocycles. The third kappa shape index (κ3) is 4.63. The lowest BCUT2D eigenvalue weighted by Crippen LogP contribution is -2.65. The Hall–Kier alpha value is -2.77. The second kappa shape index (κ2) is 8.31. The van der Waals surface area contributed by atoms with Crippen molar-refractivity contribution < 1.29 is 28.6 Å². The fourth-order valence-electron chi connectivity index (χ4n) is 3.94. The van der Waals surface area contributed by atoms with Gasteiger partial charge in [0.05, 0.1) is 19.2 Å². The number of rotatable bonds is 3. The number of carbonyl (C=O) groups is 3. The van der Waals surface area contributed by atoms with Crippen LogP contribution in [0.25, 0.3) is 0 Å². The number of hydrogen-bond acceptors (Lipinski definition) is 6. The van der Waals surface area contributed by atoms with Crippen molar-refractivity contribution in [3.8, 4) is 0 Å². The molecule has 2 fully saturated rings. The number of nitrogens with zero attached hydrogens (tertiary/aromatic N) is 2. The van der Waals surface area contributed by atoms with Crippen molar-refractivity contribution in [2.45, 2.75) is 63.9 Å². The first kappa shape index (κ1) is 21.0. The van der Waals surface area contributed by atoms with Gasteiger partial charge in [-0.1, -0.05) is 30.3 Å². The van der Waals surface area contributed by atoms with E-state index in [9.17, 15) is 14.4 Å². The Morgan fingerprint density at radius 3 is 2.38 bits per heavy atom. The number of fused-ring (bicyclic) bond motifs is 2. The molecule has 2 aliphatic heterocycles. The van der Waals surface area contributed by atoms with Crippen LogP contribution >= 0.6 is 0 Å². The third-order valence-electron chi connectivity index (χ3n) is 5.14. The first-order valence-corrected chi connectivity index (χ1v) is 9.77. The first-order valence-electron chi connectivity index (χ1n) is 9.77. The van der Waals surface area contributed by atoms with Gasteiger partial charge in [-0.25, -0.2) is 14.4 Å². The van der Waals surface area contributed by atoms with Crippen LogP contribution in [0.5, 0.6) is 0 Å². The molecule has 0 unspecified atom stereocenters. The number of piperazine rings is 1. The monoisotopic (exact) mass is 404 g/mol. The molecule has 29 heavy (non-hydrogen) atoms. The summed E-state index contributed by atoms with van der Waals surface area (Å²) in [6.45, 7) is 5.65. The quantitative estimate of drug-likeness (QED) is 0.569. The average molecular weight is 404 g/mol. The van der Waals surface area contributed by atoms with Crippen LogP contribution in [-0.2, 0) is 25.6 Å². The summed E-state index contributed by atoms with van der Waals surface area (Å²) in [6, 6.07) is 7.74. The van der Waals surface area contributed by atoms with Gasteiger partial charge in [0, 0.05) is 6.54 Å². The van der Waals surface area contributed by atoms with E-state index in [1.54, 1.807) is 25.7 Å². The van der Waals surface area contributed by atoms with Crippen LogP contribution in [0.1, 0.15) is 39.2 Å². The third-order valence-corrected chi connectivity index (χ3v) is 5.14. The van der Waals surface area contributed by atoms with Gasteiger partial charge in [-0.2, -0.15) is 0 Å². The second-order valence-corrected chi connectivity index (χ2v) is 8.35. The molecule has 158 valence electrons. The van der Waals surface area contributed by atoms with Gasteiger partial charge < -0.3 is 14.2 Å². The van der Waals surface area contributed by atoms with Crippen molar-refractivity contribution >= 4 is 18.2 Å². The van der Waals surface area contributed by atoms with E-state index in [1.807, 2.05) is 30.3 Å². The number of carbonyl (C=O) groups excluding carboxylic acids is 3. The highest BCUT2D eigenvalue weighted by atomic mass is 16.6. The van der Waals surface area contributed by atoms with Gasteiger partial charge in [0.15, 0.2) is 6.04 Å². The van der Waals surface area contributed by atoms with Gasteiger partial charge in [-0.05, 0) is 39.2 Å². The Balaban J connectivity index is 1.76. The Kier molecular flexibility index (Phi) is 6.00.